The molecule has 3 heteroatoms. The van der Waals surface area contributed by atoms with Gasteiger partial charge in [-0.2, -0.15) is 0 Å². The Labute approximate surface area is 127 Å². The summed E-state index contributed by atoms with van der Waals surface area (Å²) in [5.74, 6) is 0. The summed E-state index contributed by atoms with van der Waals surface area (Å²) in [5, 5.41) is 14.5. The number of piperidine rings is 1. The maximum Gasteiger partial charge on any atom is 0.0719 e. The Kier molecular flexibility index (Phi) is 3.85. The highest BCUT2D eigenvalue weighted by Crippen LogP contribution is 2.31. The molecule has 1 aromatic carbocycles. The second-order valence-corrected chi connectivity index (χ2v) is 7.85. The fraction of sp³-hybridized carbons (Fsp3) is 0.667. The van der Waals surface area contributed by atoms with Gasteiger partial charge in [-0.25, -0.2) is 0 Å². The van der Waals surface area contributed by atoms with Crippen LogP contribution in [-0.2, 0) is 16.6 Å². The normalized spacial score (nSPS) is 33.0. The minimum Gasteiger partial charge on any atom is -0.389 e. The third-order valence-corrected chi connectivity index (χ3v) is 4.72. The van der Waals surface area contributed by atoms with Gasteiger partial charge in [-0.1, -0.05) is 45.0 Å². The first-order valence-corrected chi connectivity index (χ1v) is 8.00. The van der Waals surface area contributed by atoms with Crippen LogP contribution < -0.4 is 5.32 Å². The fourth-order valence-electron chi connectivity index (χ4n) is 3.67. The van der Waals surface area contributed by atoms with E-state index in [1.165, 1.54) is 11.1 Å². The van der Waals surface area contributed by atoms with Crippen LogP contribution in [0.5, 0.6) is 0 Å². The van der Waals surface area contributed by atoms with Crippen LogP contribution in [0.1, 0.15) is 44.7 Å². The van der Waals surface area contributed by atoms with Crippen molar-refractivity contribution in [1.82, 2.24) is 5.32 Å². The number of fused-ring (bicyclic) bond motifs is 2. The monoisotopic (exact) mass is 289 g/mol. The van der Waals surface area contributed by atoms with Crippen LogP contribution in [0.3, 0.4) is 0 Å². The van der Waals surface area contributed by atoms with E-state index < -0.39 is 5.60 Å². The molecule has 21 heavy (non-hydrogen) atoms. The van der Waals surface area contributed by atoms with Crippen molar-refractivity contribution >= 4 is 0 Å². The Morgan fingerprint density at radius 1 is 1.14 bits per heavy atom. The molecule has 2 unspecified atom stereocenters. The Morgan fingerprint density at radius 2 is 1.71 bits per heavy atom. The zero-order valence-electron chi connectivity index (χ0n) is 13.4. The number of hydrogen-bond donors (Lipinski definition) is 2. The van der Waals surface area contributed by atoms with Crippen LogP contribution >= 0.6 is 0 Å². The molecule has 3 rings (SSSR count). The number of benzene rings is 1. The fourth-order valence-corrected chi connectivity index (χ4v) is 3.67. The lowest BCUT2D eigenvalue weighted by Crippen LogP contribution is -2.60. The molecule has 1 aromatic rings. The van der Waals surface area contributed by atoms with Gasteiger partial charge in [0.2, 0.25) is 0 Å². The van der Waals surface area contributed by atoms with Gasteiger partial charge in [-0.05, 0) is 29.4 Å². The molecule has 116 valence electrons. The molecule has 3 nitrogen and oxygen atoms in total. The lowest BCUT2D eigenvalue weighted by molar-refractivity contribution is -0.0755. The Balaban J connectivity index is 1.71. The predicted molar refractivity (Wildman–Crippen MR) is 84.6 cm³/mol. The van der Waals surface area contributed by atoms with Crippen LogP contribution in [0.4, 0.5) is 0 Å². The van der Waals surface area contributed by atoms with Crippen molar-refractivity contribution in [2.75, 3.05) is 13.2 Å². The molecule has 2 aliphatic rings. The standard InChI is InChI=1S/C18H27NO2/c1-17(2,3)14-6-4-13(5-7-14)8-18(20)9-15-11-21-12-16(10-18)19-15/h4-7,15-16,19-20H,8-12H2,1-3H3. The second-order valence-electron chi connectivity index (χ2n) is 7.85. The van der Waals surface area contributed by atoms with Crippen molar-refractivity contribution < 1.29 is 9.84 Å². The molecule has 2 aliphatic heterocycles. The highest BCUT2D eigenvalue weighted by molar-refractivity contribution is 5.28. The predicted octanol–water partition coefficient (Wildman–Crippen LogP) is 2.41. The molecule has 0 spiro atoms. The summed E-state index contributed by atoms with van der Waals surface area (Å²) in [6.45, 7) is 8.13. The molecule has 0 aliphatic carbocycles. The van der Waals surface area contributed by atoms with Crippen LogP contribution in [0.25, 0.3) is 0 Å². The molecular weight excluding hydrogens is 262 g/mol. The van der Waals surface area contributed by atoms with E-state index in [9.17, 15) is 5.11 Å². The Hall–Kier alpha value is -0.900. The average molecular weight is 289 g/mol. The number of morpholine rings is 1. The van der Waals surface area contributed by atoms with Gasteiger partial charge in [-0.15, -0.1) is 0 Å². The minimum atomic E-state index is -0.590. The number of aliphatic hydroxyl groups is 1. The van der Waals surface area contributed by atoms with E-state index >= 15 is 0 Å². The molecular formula is C18H27NO2. The van der Waals surface area contributed by atoms with Crippen LogP contribution in [-0.4, -0.2) is 36.0 Å². The SMILES string of the molecule is CC(C)(C)c1ccc(CC2(O)CC3COCC(C2)N3)cc1. The zero-order chi connectivity index (χ0) is 15.1. The number of ether oxygens (including phenoxy) is 1. The second kappa shape index (κ2) is 5.38. The van der Waals surface area contributed by atoms with E-state index in [4.69, 9.17) is 4.74 Å². The van der Waals surface area contributed by atoms with Crippen molar-refractivity contribution in [3.05, 3.63) is 35.4 Å². The van der Waals surface area contributed by atoms with Crippen molar-refractivity contribution in [1.29, 1.82) is 0 Å². The minimum absolute atomic E-state index is 0.179. The third-order valence-electron chi connectivity index (χ3n) is 4.72. The van der Waals surface area contributed by atoms with Crippen LogP contribution in [0.15, 0.2) is 24.3 Å². The summed E-state index contributed by atoms with van der Waals surface area (Å²) in [5.41, 5.74) is 2.16. The van der Waals surface area contributed by atoms with E-state index in [0.29, 0.717) is 12.1 Å². The van der Waals surface area contributed by atoms with Gasteiger partial charge in [0, 0.05) is 18.5 Å². The molecule has 2 heterocycles. The summed E-state index contributed by atoms with van der Waals surface area (Å²) >= 11 is 0. The molecule has 0 radical (unpaired) electrons. The van der Waals surface area contributed by atoms with Crippen molar-refractivity contribution in [2.45, 2.75) is 63.1 Å². The smallest absolute Gasteiger partial charge is 0.0719 e. The zero-order valence-corrected chi connectivity index (χ0v) is 13.4. The van der Waals surface area contributed by atoms with Gasteiger partial charge in [0.1, 0.15) is 0 Å². The summed E-state index contributed by atoms with van der Waals surface area (Å²) in [6, 6.07) is 9.35. The topological polar surface area (TPSA) is 41.5 Å². The van der Waals surface area contributed by atoms with E-state index in [2.05, 4.69) is 50.4 Å². The van der Waals surface area contributed by atoms with Gasteiger partial charge >= 0.3 is 0 Å². The first kappa shape index (κ1) is 15.0. The summed E-state index contributed by atoms with van der Waals surface area (Å²) in [6.07, 6.45) is 2.31. The summed E-state index contributed by atoms with van der Waals surface area (Å²) in [7, 11) is 0. The van der Waals surface area contributed by atoms with Crippen molar-refractivity contribution in [2.24, 2.45) is 0 Å². The lowest BCUT2D eigenvalue weighted by atomic mass is 9.78. The van der Waals surface area contributed by atoms with Crippen molar-refractivity contribution in [3.8, 4) is 0 Å². The summed E-state index contributed by atoms with van der Waals surface area (Å²) < 4.78 is 5.56. The molecule has 2 saturated heterocycles. The quantitative estimate of drug-likeness (QED) is 0.878. The van der Waals surface area contributed by atoms with Gasteiger partial charge in [0.15, 0.2) is 0 Å². The first-order valence-electron chi connectivity index (χ1n) is 8.00. The largest absolute Gasteiger partial charge is 0.389 e. The lowest BCUT2D eigenvalue weighted by Gasteiger charge is -2.45. The molecule has 2 atom stereocenters. The summed E-state index contributed by atoms with van der Waals surface area (Å²) in [4.78, 5) is 0. The van der Waals surface area contributed by atoms with Crippen LogP contribution in [0.2, 0.25) is 0 Å². The Bertz CT molecular complexity index is 477. The van der Waals surface area contributed by atoms with Gasteiger partial charge in [0.05, 0.1) is 18.8 Å². The van der Waals surface area contributed by atoms with Crippen molar-refractivity contribution in [3.63, 3.8) is 0 Å². The van der Waals surface area contributed by atoms with Gasteiger partial charge in [0.25, 0.3) is 0 Å². The number of hydrogen-bond acceptors (Lipinski definition) is 3. The average Bonchev–Trinajstić information content (AvgIpc) is 2.37. The van der Waals surface area contributed by atoms with E-state index in [1.807, 2.05) is 0 Å². The molecule has 2 N–H and O–H groups in total. The highest BCUT2D eigenvalue weighted by Gasteiger charge is 2.41. The van der Waals surface area contributed by atoms with Crippen LogP contribution in [0, 0.1) is 0 Å². The maximum absolute atomic E-state index is 11.0. The van der Waals surface area contributed by atoms with Gasteiger partial charge in [-0.3, -0.25) is 0 Å². The van der Waals surface area contributed by atoms with E-state index in [-0.39, 0.29) is 5.41 Å². The number of nitrogens with one attached hydrogen (secondary N) is 1. The maximum atomic E-state index is 11.0. The molecule has 0 saturated carbocycles. The van der Waals surface area contributed by atoms with E-state index in [1.54, 1.807) is 0 Å². The Morgan fingerprint density at radius 3 is 2.24 bits per heavy atom. The number of rotatable bonds is 2. The third kappa shape index (κ3) is 3.47. The van der Waals surface area contributed by atoms with Gasteiger partial charge < -0.3 is 15.2 Å². The molecule has 2 bridgehead atoms. The molecule has 0 aromatic heterocycles. The highest BCUT2D eigenvalue weighted by atomic mass is 16.5. The van der Waals surface area contributed by atoms with E-state index in [0.717, 1.165) is 32.5 Å². The first-order chi connectivity index (χ1) is 9.84. The molecule has 0 amide bonds. The molecule has 2 fully saturated rings.